The van der Waals surface area contributed by atoms with Gasteiger partial charge in [0.2, 0.25) is 5.95 Å². The topological polar surface area (TPSA) is 86.2 Å². The highest BCUT2D eigenvalue weighted by molar-refractivity contribution is 5.80. The Hall–Kier alpha value is -4.79. The van der Waals surface area contributed by atoms with E-state index < -0.39 is 11.2 Å². The molecular formula is C27H23FN6O2. The van der Waals surface area contributed by atoms with E-state index in [1.54, 1.807) is 23.7 Å². The molecule has 36 heavy (non-hydrogen) atoms. The first-order valence-corrected chi connectivity index (χ1v) is 11.3. The molecule has 0 bridgehead atoms. The number of hydrogen-bond donors (Lipinski definition) is 1. The van der Waals surface area contributed by atoms with Crippen LogP contribution >= 0.6 is 0 Å². The molecule has 2 heterocycles. The standard InChI is InChI=1S/C27H23FN6O2/c1-32-24-23(25(35)34(27(32)36)18-21-10-6-3-7-11-21)33(17-20-8-4-2-5-9-20)26(30-24)31-29-16-19-12-14-22(28)15-13-19/h2-16H,17-18H2,1H3,(H,30,31)/b29-16+. The van der Waals surface area contributed by atoms with Gasteiger partial charge in [0, 0.05) is 7.05 Å². The summed E-state index contributed by atoms with van der Waals surface area (Å²) in [4.78, 5) is 31.3. The molecule has 0 spiro atoms. The quantitative estimate of drug-likeness (QED) is 0.284. The lowest BCUT2D eigenvalue weighted by Gasteiger charge is -2.11. The van der Waals surface area contributed by atoms with E-state index in [1.807, 2.05) is 60.7 Å². The Bertz CT molecular complexity index is 1650. The van der Waals surface area contributed by atoms with Gasteiger partial charge in [-0.15, -0.1) is 0 Å². The fourth-order valence-corrected chi connectivity index (χ4v) is 4.00. The minimum Gasteiger partial charge on any atom is -0.298 e. The minimum absolute atomic E-state index is 0.143. The molecule has 0 aliphatic heterocycles. The highest BCUT2D eigenvalue weighted by atomic mass is 19.1. The number of hydrazone groups is 1. The summed E-state index contributed by atoms with van der Waals surface area (Å²) in [5, 5.41) is 4.23. The van der Waals surface area contributed by atoms with E-state index in [2.05, 4.69) is 15.5 Å². The number of rotatable bonds is 7. The van der Waals surface area contributed by atoms with Crippen molar-refractivity contribution >= 4 is 23.3 Å². The lowest BCUT2D eigenvalue weighted by molar-refractivity contribution is 0.628. The lowest BCUT2D eigenvalue weighted by atomic mass is 10.2. The molecule has 9 heteroatoms. The number of fused-ring (bicyclic) bond motifs is 1. The molecule has 0 aliphatic carbocycles. The molecule has 1 N–H and O–H groups in total. The fourth-order valence-electron chi connectivity index (χ4n) is 4.00. The van der Waals surface area contributed by atoms with Gasteiger partial charge in [0.15, 0.2) is 11.2 Å². The van der Waals surface area contributed by atoms with Gasteiger partial charge in [0.25, 0.3) is 5.56 Å². The summed E-state index contributed by atoms with van der Waals surface area (Å²) in [6.45, 7) is 0.481. The number of imidazole rings is 1. The first-order valence-electron chi connectivity index (χ1n) is 11.3. The van der Waals surface area contributed by atoms with Crippen LogP contribution in [0.3, 0.4) is 0 Å². The van der Waals surface area contributed by atoms with Crippen LogP contribution in [0.5, 0.6) is 0 Å². The number of nitrogens with one attached hydrogen (secondary N) is 1. The Morgan fingerprint density at radius 2 is 1.44 bits per heavy atom. The zero-order valence-corrected chi connectivity index (χ0v) is 19.5. The molecule has 0 saturated carbocycles. The summed E-state index contributed by atoms with van der Waals surface area (Å²) in [5.41, 5.74) is 5.02. The van der Waals surface area contributed by atoms with Crippen LogP contribution in [-0.2, 0) is 20.1 Å². The van der Waals surface area contributed by atoms with Crippen LogP contribution in [0.15, 0.2) is 99.6 Å². The average Bonchev–Trinajstić information content (AvgIpc) is 3.26. The highest BCUT2D eigenvalue weighted by Crippen LogP contribution is 2.18. The molecule has 5 rings (SSSR count). The van der Waals surface area contributed by atoms with E-state index in [0.717, 1.165) is 11.1 Å². The molecule has 180 valence electrons. The third-order valence-corrected chi connectivity index (χ3v) is 5.85. The van der Waals surface area contributed by atoms with Crippen LogP contribution in [0.2, 0.25) is 0 Å². The van der Waals surface area contributed by atoms with Gasteiger partial charge in [-0.2, -0.15) is 10.1 Å². The first kappa shape index (κ1) is 23.0. The number of benzene rings is 3. The predicted molar refractivity (Wildman–Crippen MR) is 138 cm³/mol. The largest absolute Gasteiger partial charge is 0.332 e. The van der Waals surface area contributed by atoms with Crippen LogP contribution in [-0.4, -0.2) is 24.9 Å². The van der Waals surface area contributed by atoms with Crippen molar-refractivity contribution < 1.29 is 4.39 Å². The monoisotopic (exact) mass is 482 g/mol. The van der Waals surface area contributed by atoms with Crippen molar-refractivity contribution in [1.82, 2.24) is 18.7 Å². The van der Waals surface area contributed by atoms with Crippen molar-refractivity contribution in [2.24, 2.45) is 12.1 Å². The Labute approximate surface area is 205 Å². The molecule has 0 unspecified atom stereocenters. The van der Waals surface area contributed by atoms with Crippen LogP contribution in [0.25, 0.3) is 11.2 Å². The van der Waals surface area contributed by atoms with E-state index in [9.17, 15) is 14.0 Å². The van der Waals surface area contributed by atoms with Crippen LogP contribution < -0.4 is 16.7 Å². The van der Waals surface area contributed by atoms with Gasteiger partial charge in [0.05, 0.1) is 19.3 Å². The molecule has 5 aromatic rings. The Morgan fingerprint density at radius 1 is 0.861 bits per heavy atom. The number of aromatic nitrogens is 4. The maximum atomic E-state index is 13.6. The maximum absolute atomic E-state index is 13.6. The summed E-state index contributed by atoms with van der Waals surface area (Å²) >= 11 is 0. The summed E-state index contributed by atoms with van der Waals surface area (Å²) < 4.78 is 17.5. The van der Waals surface area contributed by atoms with Gasteiger partial charge in [-0.25, -0.2) is 14.6 Å². The Morgan fingerprint density at radius 3 is 2.06 bits per heavy atom. The summed E-state index contributed by atoms with van der Waals surface area (Å²) in [6.07, 6.45) is 1.53. The molecule has 3 aromatic carbocycles. The normalized spacial score (nSPS) is 11.4. The number of aryl methyl sites for hydroxylation is 1. The second-order valence-corrected chi connectivity index (χ2v) is 8.32. The van der Waals surface area contributed by atoms with E-state index >= 15 is 0 Å². The van der Waals surface area contributed by atoms with Crippen molar-refractivity contribution in [3.63, 3.8) is 0 Å². The zero-order valence-electron chi connectivity index (χ0n) is 19.5. The molecule has 8 nitrogen and oxygen atoms in total. The molecule has 0 fully saturated rings. The summed E-state index contributed by atoms with van der Waals surface area (Å²) in [7, 11) is 1.59. The van der Waals surface area contributed by atoms with E-state index in [0.29, 0.717) is 18.1 Å². The van der Waals surface area contributed by atoms with E-state index in [4.69, 9.17) is 0 Å². The molecule has 2 aromatic heterocycles. The van der Waals surface area contributed by atoms with Gasteiger partial charge < -0.3 is 0 Å². The van der Waals surface area contributed by atoms with Crippen molar-refractivity contribution in [3.05, 3.63) is 128 Å². The molecule has 0 radical (unpaired) electrons. The lowest BCUT2D eigenvalue weighted by Crippen LogP contribution is -2.40. The smallest absolute Gasteiger partial charge is 0.298 e. The van der Waals surface area contributed by atoms with E-state index in [1.165, 1.54) is 27.5 Å². The van der Waals surface area contributed by atoms with Crippen LogP contribution in [0.4, 0.5) is 10.3 Å². The zero-order chi connectivity index (χ0) is 25.1. The number of hydrogen-bond acceptors (Lipinski definition) is 5. The Balaban J connectivity index is 1.62. The van der Waals surface area contributed by atoms with Crippen LogP contribution in [0.1, 0.15) is 16.7 Å². The number of nitrogens with zero attached hydrogens (tertiary/aromatic N) is 5. The van der Waals surface area contributed by atoms with Gasteiger partial charge in [-0.05, 0) is 28.8 Å². The SMILES string of the molecule is Cn1c(=O)n(Cc2ccccc2)c(=O)c2c1nc(N/N=C/c1ccc(F)cc1)n2Cc1ccccc1. The predicted octanol–water partition coefficient (Wildman–Crippen LogP) is 3.58. The maximum Gasteiger partial charge on any atom is 0.332 e. The molecule has 0 aliphatic rings. The third kappa shape index (κ3) is 4.58. The summed E-state index contributed by atoms with van der Waals surface area (Å²) in [6, 6.07) is 24.9. The van der Waals surface area contributed by atoms with Crippen molar-refractivity contribution in [1.29, 1.82) is 0 Å². The number of halogens is 1. The van der Waals surface area contributed by atoms with Crippen molar-refractivity contribution in [2.75, 3.05) is 5.43 Å². The van der Waals surface area contributed by atoms with Crippen molar-refractivity contribution in [3.8, 4) is 0 Å². The van der Waals surface area contributed by atoms with Gasteiger partial charge in [-0.1, -0.05) is 72.8 Å². The fraction of sp³-hybridized carbons (Fsp3) is 0.111. The van der Waals surface area contributed by atoms with Gasteiger partial charge in [-0.3, -0.25) is 18.5 Å². The number of anilines is 1. The van der Waals surface area contributed by atoms with Crippen molar-refractivity contribution in [2.45, 2.75) is 13.1 Å². The van der Waals surface area contributed by atoms with Gasteiger partial charge in [0.1, 0.15) is 5.82 Å². The minimum atomic E-state index is -0.456. The average molecular weight is 483 g/mol. The molecular weight excluding hydrogens is 459 g/mol. The van der Waals surface area contributed by atoms with Gasteiger partial charge >= 0.3 is 5.69 Å². The highest BCUT2D eigenvalue weighted by Gasteiger charge is 2.20. The molecule has 0 saturated heterocycles. The second kappa shape index (κ2) is 9.83. The first-order chi connectivity index (χ1) is 17.5. The second-order valence-electron chi connectivity index (χ2n) is 8.32. The molecule has 0 amide bonds. The van der Waals surface area contributed by atoms with Crippen LogP contribution in [0, 0.1) is 5.82 Å². The summed E-state index contributed by atoms with van der Waals surface area (Å²) in [5.74, 6) is -0.0331. The Kier molecular flexibility index (Phi) is 6.27. The third-order valence-electron chi connectivity index (χ3n) is 5.85. The van der Waals surface area contributed by atoms with E-state index in [-0.39, 0.29) is 23.5 Å². The molecule has 0 atom stereocenters.